The number of carbonyl (C=O) groups is 1. The third kappa shape index (κ3) is 2.87. The van der Waals surface area contributed by atoms with Gasteiger partial charge in [0, 0.05) is 13.1 Å². The summed E-state index contributed by atoms with van der Waals surface area (Å²) in [6.45, 7) is 4.55. The van der Waals surface area contributed by atoms with E-state index in [0.29, 0.717) is 5.92 Å². The van der Waals surface area contributed by atoms with Gasteiger partial charge in [-0.25, -0.2) is 0 Å². The zero-order valence-corrected chi connectivity index (χ0v) is 11.1. The smallest absolute Gasteiger partial charge is 0.264 e. The summed E-state index contributed by atoms with van der Waals surface area (Å²) < 4.78 is 0. The Labute approximate surface area is 107 Å². The number of piperidine rings is 1. The number of carbonyl (C=O) groups excluding carboxylic acids is 1. The molecule has 17 heavy (non-hydrogen) atoms. The number of nitrogens with zero attached hydrogens (tertiary/aromatic N) is 1. The predicted molar refractivity (Wildman–Crippen MR) is 71.4 cm³/mol. The van der Waals surface area contributed by atoms with E-state index < -0.39 is 0 Å². The van der Waals surface area contributed by atoms with Crippen molar-refractivity contribution in [2.45, 2.75) is 26.2 Å². The summed E-state index contributed by atoms with van der Waals surface area (Å²) in [6, 6.07) is 2.01. The molecule has 1 aromatic rings. The van der Waals surface area contributed by atoms with Crippen molar-refractivity contribution < 1.29 is 4.79 Å². The Kier molecular flexibility index (Phi) is 4.18. The molecular formula is C13H20N2OS. The van der Waals surface area contributed by atoms with Gasteiger partial charge in [-0.05, 0) is 55.7 Å². The second kappa shape index (κ2) is 5.65. The zero-order chi connectivity index (χ0) is 12.3. The number of rotatable bonds is 3. The molecule has 1 amide bonds. The van der Waals surface area contributed by atoms with Crippen molar-refractivity contribution in [1.29, 1.82) is 0 Å². The lowest BCUT2D eigenvalue weighted by molar-refractivity contribution is 0.0692. The fourth-order valence-electron chi connectivity index (χ4n) is 2.40. The summed E-state index contributed by atoms with van der Waals surface area (Å²) in [5, 5.41) is 1.99. The predicted octanol–water partition coefficient (Wildman–Crippen LogP) is 2.26. The number of hydrogen-bond acceptors (Lipinski definition) is 3. The molecule has 0 unspecified atom stereocenters. The number of hydrogen-bond donors (Lipinski definition) is 1. The van der Waals surface area contributed by atoms with Gasteiger partial charge in [0.25, 0.3) is 5.91 Å². The van der Waals surface area contributed by atoms with E-state index in [1.165, 1.54) is 0 Å². The van der Waals surface area contributed by atoms with E-state index in [2.05, 4.69) is 0 Å². The highest BCUT2D eigenvalue weighted by molar-refractivity contribution is 7.12. The van der Waals surface area contributed by atoms with Crippen molar-refractivity contribution in [2.24, 2.45) is 11.7 Å². The van der Waals surface area contributed by atoms with Gasteiger partial charge in [0.15, 0.2) is 0 Å². The van der Waals surface area contributed by atoms with Gasteiger partial charge in [0.2, 0.25) is 0 Å². The molecule has 2 heterocycles. The minimum atomic E-state index is 0.212. The van der Waals surface area contributed by atoms with Crippen LogP contribution in [0.1, 0.15) is 34.5 Å². The van der Waals surface area contributed by atoms with E-state index in [0.717, 1.165) is 49.3 Å². The maximum Gasteiger partial charge on any atom is 0.264 e. The molecular weight excluding hydrogens is 232 g/mol. The van der Waals surface area contributed by atoms with Gasteiger partial charge in [-0.3, -0.25) is 4.79 Å². The number of aryl methyl sites for hydroxylation is 1. The first-order valence-electron chi connectivity index (χ1n) is 6.26. The first kappa shape index (κ1) is 12.6. The molecule has 1 saturated heterocycles. The molecule has 0 spiro atoms. The zero-order valence-electron chi connectivity index (χ0n) is 10.3. The lowest BCUT2D eigenvalue weighted by Gasteiger charge is -2.31. The summed E-state index contributed by atoms with van der Waals surface area (Å²) in [5.41, 5.74) is 6.67. The average Bonchev–Trinajstić information content (AvgIpc) is 2.76. The molecule has 0 bridgehead atoms. The van der Waals surface area contributed by atoms with Crippen LogP contribution in [-0.4, -0.2) is 30.4 Å². The van der Waals surface area contributed by atoms with Gasteiger partial charge >= 0.3 is 0 Å². The third-order valence-corrected chi connectivity index (χ3v) is 4.54. The molecule has 0 aliphatic carbocycles. The van der Waals surface area contributed by atoms with Crippen molar-refractivity contribution >= 4 is 17.2 Å². The normalized spacial score (nSPS) is 17.4. The number of nitrogens with two attached hydrogens (primary N) is 1. The van der Waals surface area contributed by atoms with Crippen LogP contribution in [0.5, 0.6) is 0 Å². The first-order valence-corrected chi connectivity index (χ1v) is 7.13. The molecule has 1 fully saturated rings. The maximum atomic E-state index is 12.3. The highest BCUT2D eigenvalue weighted by Crippen LogP contribution is 2.24. The highest BCUT2D eigenvalue weighted by Gasteiger charge is 2.24. The van der Waals surface area contributed by atoms with E-state index in [-0.39, 0.29) is 5.91 Å². The lowest BCUT2D eigenvalue weighted by atomic mass is 9.93. The standard InChI is InChI=1S/C13H20N2OS/c1-10-5-9-17-12(10)13(16)15-7-3-11(2-6-14)4-8-15/h5,9,11H,2-4,6-8,14H2,1H3. The van der Waals surface area contributed by atoms with Crippen molar-refractivity contribution in [2.75, 3.05) is 19.6 Å². The Morgan fingerprint density at radius 3 is 2.76 bits per heavy atom. The molecule has 94 valence electrons. The van der Waals surface area contributed by atoms with Gasteiger partial charge in [0.1, 0.15) is 0 Å². The third-order valence-electron chi connectivity index (χ3n) is 3.53. The molecule has 3 nitrogen and oxygen atoms in total. The van der Waals surface area contributed by atoms with E-state index >= 15 is 0 Å². The Morgan fingerprint density at radius 1 is 1.53 bits per heavy atom. The summed E-state index contributed by atoms with van der Waals surface area (Å²) in [4.78, 5) is 15.2. The quantitative estimate of drug-likeness (QED) is 0.897. The second-order valence-corrected chi connectivity index (χ2v) is 5.66. The summed E-state index contributed by atoms with van der Waals surface area (Å²) in [7, 11) is 0. The summed E-state index contributed by atoms with van der Waals surface area (Å²) >= 11 is 1.55. The minimum Gasteiger partial charge on any atom is -0.338 e. The Balaban J connectivity index is 1.93. The van der Waals surface area contributed by atoms with Crippen LogP contribution < -0.4 is 5.73 Å². The molecule has 1 aliphatic heterocycles. The number of amides is 1. The topological polar surface area (TPSA) is 46.3 Å². The highest BCUT2D eigenvalue weighted by atomic mass is 32.1. The first-order chi connectivity index (χ1) is 8.22. The largest absolute Gasteiger partial charge is 0.338 e. The van der Waals surface area contributed by atoms with Gasteiger partial charge in [-0.2, -0.15) is 0 Å². The SMILES string of the molecule is Cc1ccsc1C(=O)N1CCC(CCN)CC1. The van der Waals surface area contributed by atoms with Crippen LogP contribution in [0.2, 0.25) is 0 Å². The monoisotopic (exact) mass is 252 g/mol. The van der Waals surface area contributed by atoms with Gasteiger partial charge < -0.3 is 10.6 Å². The minimum absolute atomic E-state index is 0.212. The molecule has 0 saturated carbocycles. The molecule has 1 aliphatic rings. The van der Waals surface area contributed by atoms with E-state index in [1.807, 2.05) is 23.3 Å². The van der Waals surface area contributed by atoms with Crippen molar-refractivity contribution in [3.05, 3.63) is 21.9 Å². The van der Waals surface area contributed by atoms with Crippen molar-refractivity contribution in [3.8, 4) is 0 Å². The van der Waals surface area contributed by atoms with Crippen molar-refractivity contribution in [3.63, 3.8) is 0 Å². The average molecular weight is 252 g/mol. The maximum absolute atomic E-state index is 12.3. The molecule has 0 aromatic carbocycles. The summed E-state index contributed by atoms with van der Waals surface area (Å²) in [6.07, 6.45) is 3.31. The van der Waals surface area contributed by atoms with Gasteiger partial charge in [0.05, 0.1) is 4.88 Å². The van der Waals surface area contributed by atoms with Gasteiger partial charge in [-0.1, -0.05) is 0 Å². The molecule has 2 N–H and O–H groups in total. The molecule has 2 rings (SSSR count). The van der Waals surface area contributed by atoms with Gasteiger partial charge in [-0.15, -0.1) is 11.3 Å². The van der Waals surface area contributed by atoms with Crippen LogP contribution in [-0.2, 0) is 0 Å². The molecule has 4 heteroatoms. The van der Waals surface area contributed by atoms with Crippen LogP contribution in [0.15, 0.2) is 11.4 Å². The summed E-state index contributed by atoms with van der Waals surface area (Å²) in [5.74, 6) is 0.928. The van der Waals surface area contributed by atoms with Crippen LogP contribution >= 0.6 is 11.3 Å². The molecule has 1 aromatic heterocycles. The lowest BCUT2D eigenvalue weighted by Crippen LogP contribution is -2.38. The Hall–Kier alpha value is -0.870. The van der Waals surface area contributed by atoms with Crippen LogP contribution in [0, 0.1) is 12.8 Å². The number of thiophene rings is 1. The molecule has 0 atom stereocenters. The van der Waals surface area contributed by atoms with E-state index in [4.69, 9.17) is 5.73 Å². The van der Waals surface area contributed by atoms with Crippen LogP contribution in [0.25, 0.3) is 0 Å². The Morgan fingerprint density at radius 2 is 2.24 bits per heavy atom. The second-order valence-electron chi connectivity index (χ2n) is 4.75. The van der Waals surface area contributed by atoms with Crippen molar-refractivity contribution in [1.82, 2.24) is 4.90 Å². The molecule has 0 radical (unpaired) electrons. The van der Waals surface area contributed by atoms with Crippen LogP contribution in [0.3, 0.4) is 0 Å². The van der Waals surface area contributed by atoms with Crippen LogP contribution in [0.4, 0.5) is 0 Å². The van der Waals surface area contributed by atoms with E-state index in [1.54, 1.807) is 11.3 Å². The fourth-order valence-corrected chi connectivity index (χ4v) is 3.29. The Bertz CT molecular complexity index is 381. The fraction of sp³-hybridized carbons (Fsp3) is 0.615. The van der Waals surface area contributed by atoms with E-state index in [9.17, 15) is 4.79 Å². The number of likely N-dealkylation sites (tertiary alicyclic amines) is 1.